The van der Waals surface area contributed by atoms with Gasteiger partial charge in [-0.05, 0) is 40.2 Å². The molecule has 0 aliphatic heterocycles. The average Bonchev–Trinajstić information content (AvgIpc) is 3.14. The van der Waals surface area contributed by atoms with Crippen LogP contribution in [-0.4, -0.2) is 32.5 Å². The van der Waals surface area contributed by atoms with E-state index in [4.69, 9.17) is 4.74 Å². The number of hydrogen-bond acceptors (Lipinski definition) is 5. The van der Waals surface area contributed by atoms with Gasteiger partial charge in [-0.25, -0.2) is 15.0 Å². The maximum absolute atomic E-state index is 13.6. The van der Waals surface area contributed by atoms with Crippen LogP contribution in [0, 0.1) is 0 Å². The fourth-order valence-electron chi connectivity index (χ4n) is 2.94. The topological polar surface area (TPSA) is 81.9 Å². The highest BCUT2D eigenvalue weighted by atomic mass is 79.9. The molecule has 2 heterocycles. The number of hydrogen-bond donors (Lipinski definition) is 1. The number of amides is 1. The minimum Gasteiger partial charge on any atom is -0.497 e. The largest absolute Gasteiger partial charge is 0.497 e. The molecule has 0 atom stereocenters. The van der Waals surface area contributed by atoms with Crippen molar-refractivity contribution < 1.29 is 22.7 Å². The first-order valence-electron chi connectivity index (χ1n) is 8.80. The normalized spacial score (nSPS) is 11.5. The van der Waals surface area contributed by atoms with Crippen molar-refractivity contribution in [3.8, 4) is 11.6 Å². The third-order valence-electron chi connectivity index (χ3n) is 4.34. The molecule has 4 rings (SSSR count). The second kappa shape index (κ2) is 7.99. The lowest BCUT2D eigenvalue weighted by molar-refractivity contribution is -0.145. The van der Waals surface area contributed by atoms with E-state index in [1.54, 1.807) is 24.3 Å². The Morgan fingerprint density at radius 1 is 1.13 bits per heavy atom. The summed E-state index contributed by atoms with van der Waals surface area (Å²) in [5.41, 5.74) is 0.662. The second-order valence-corrected chi connectivity index (χ2v) is 7.17. The molecule has 0 saturated heterocycles. The summed E-state index contributed by atoms with van der Waals surface area (Å²) in [4.78, 5) is 24.2. The third-order valence-corrected chi connectivity index (χ3v) is 5.03. The SMILES string of the molecule is COc1ccc2c(c1)nc(C(F)(F)F)n2-c1cnc(NC(=O)c2ccccc2Br)cn1. The molecule has 158 valence electrons. The van der Waals surface area contributed by atoms with Crippen LogP contribution in [0.4, 0.5) is 19.0 Å². The molecule has 4 aromatic rings. The first kappa shape index (κ1) is 20.8. The Kier molecular flexibility index (Phi) is 5.36. The highest BCUT2D eigenvalue weighted by molar-refractivity contribution is 9.10. The summed E-state index contributed by atoms with van der Waals surface area (Å²) in [6.07, 6.45) is -2.41. The quantitative estimate of drug-likeness (QED) is 0.440. The van der Waals surface area contributed by atoms with Crippen molar-refractivity contribution in [2.75, 3.05) is 12.4 Å². The number of carbonyl (C=O) groups excluding carboxylic acids is 1. The molecular formula is C20H13BrF3N5O2. The fraction of sp³-hybridized carbons (Fsp3) is 0.100. The number of benzene rings is 2. The predicted octanol–water partition coefficient (Wildman–Crippen LogP) is 4.86. The van der Waals surface area contributed by atoms with Crippen molar-refractivity contribution in [3.05, 3.63) is 70.7 Å². The number of alkyl halides is 3. The van der Waals surface area contributed by atoms with E-state index >= 15 is 0 Å². The van der Waals surface area contributed by atoms with Gasteiger partial charge in [-0.3, -0.25) is 9.36 Å². The second-order valence-electron chi connectivity index (χ2n) is 6.32. The van der Waals surface area contributed by atoms with Crippen LogP contribution in [0.3, 0.4) is 0 Å². The Balaban J connectivity index is 1.70. The molecule has 0 aliphatic carbocycles. The average molecular weight is 492 g/mol. The number of anilines is 1. The number of methoxy groups -OCH3 is 1. The van der Waals surface area contributed by atoms with Gasteiger partial charge in [-0.1, -0.05) is 12.1 Å². The van der Waals surface area contributed by atoms with E-state index in [-0.39, 0.29) is 22.7 Å². The minimum atomic E-state index is -4.72. The van der Waals surface area contributed by atoms with E-state index in [1.165, 1.54) is 31.5 Å². The number of carbonyl (C=O) groups is 1. The van der Waals surface area contributed by atoms with Crippen LogP contribution >= 0.6 is 15.9 Å². The molecule has 0 bridgehead atoms. The Bertz CT molecular complexity index is 1270. The van der Waals surface area contributed by atoms with Crippen molar-refractivity contribution in [1.29, 1.82) is 0 Å². The maximum atomic E-state index is 13.6. The number of nitrogens with zero attached hydrogens (tertiary/aromatic N) is 4. The standard InChI is InChI=1S/C20H13BrF3N5O2/c1-31-11-6-7-15-14(8-11)27-19(20(22,23)24)29(15)17-10-25-16(9-26-17)28-18(30)12-4-2-3-5-13(12)21/h2-10H,1H3,(H,25,28,30). The van der Waals surface area contributed by atoms with E-state index in [1.807, 2.05) is 0 Å². The van der Waals surface area contributed by atoms with E-state index < -0.39 is 17.9 Å². The van der Waals surface area contributed by atoms with Crippen LogP contribution in [0.5, 0.6) is 5.75 Å². The molecule has 0 unspecified atom stereocenters. The molecule has 0 aliphatic rings. The van der Waals surface area contributed by atoms with Crippen LogP contribution < -0.4 is 10.1 Å². The molecule has 31 heavy (non-hydrogen) atoms. The molecular weight excluding hydrogens is 479 g/mol. The summed E-state index contributed by atoms with van der Waals surface area (Å²) in [7, 11) is 1.41. The van der Waals surface area contributed by atoms with Gasteiger partial charge >= 0.3 is 6.18 Å². The van der Waals surface area contributed by atoms with Gasteiger partial charge in [-0.2, -0.15) is 13.2 Å². The summed E-state index contributed by atoms with van der Waals surface area (Å²) in [6, 6.07) is 11.2. The van der Waals surface area contributed by atoms with Crippen LogP contribution in [0.15, 0.2) is 59.3 Å². The van der Waals surface area contributed by atoms with Gasteiger partial charge in [0.05, 0.1) is 36.1 Å². The van der Waals surface area contributed by atoms with Gasteiger partial charge in [0.1, 0.15) is 5.75 Å². The number of fused-ring (bicyclic) bond motifs is 1. The Morgan fingerprint density at radius 3 is 2.55 bits per heavy atom. The van der Waals surface area contributed by atoms with Gasteiger partial charge < -0.3 is 10.1 Å². The minimum absolute atomic E-state index is 0.0872. The van der Waals surface area contributed by atoms with Gasteiger partial charge in [0, 0.05) is 10.5 Å². The number of imidazole rings is 1. The molecule has 0 radical (unpaired) electrons. The lowest BCUT2D eigenvalue weighted by atomic mass is 10.2. The lowest BCUT2D eigenvalue weighted by Crippen LogP contribution is -2.16. The smallest absolute Gasteiger partial charge is 0.450 e. The molecule has 1 N–H and O–H groups in total. The van der Waals surface area contributed by atoms with Gasteiger partial charge in [-0.15, -0.1) is 0 Å². The molecule has 2 aromatic carbocycles. The predicted molar refractivity (Wildman–Crippen MR) is 110 cm³/mol. The Morgan fingerprint density at radius 2 is 1.90 bits per heavy atom. The monoisotopic (exact) mass is 491 g/mol. The van der Waals surface area contributed by atoms with Gasteiger partial charge in [0.2, 0.25) is 5.82 Å². The van der Waals surface area contributed by atoms with Crippen LogP contribution in [0.2, 0.25) is 0 Å². The van der Waals surface area contributed by atoms with E-state index in [2.05, 4.69) is 36.2 Å². The fourth-order valence-corrected chi connectivity index (χ4v) is 3.40. The van der Waals surface area contributed by atoms with Crippen molar-refractivity contribution in [2.24, 2.45) is 0 Å². The van der Waals surface area contributed by atoms with Crippen LogP contribution in [0.25, 0.3) is 16.9 Å². The molecule has 11 heteroatoms. The number of halogens is 4. The Labute approximate surface area is 182 Å². The van der Waals surface area contributed by atoms with Crippen LogP contribution in [-0.2, 0) is 6.18 Å². The Hall–Kier alpha value is -3.47. The zero-order valence-electron chi connectivity index (χ0n) is 15.8. The summed E-state index contributed by atoms with van der Waals surface area (Å²) < 4.78 is 47.3. The van der Waals surface area contributed by atoms with E-state index in [0.717, 1.165) is 10.8 Å². The summed E-state index contributed by atoms with van der Waals surface area (Å²) in [5, 5.41) is 2.56. The molecule has 0 saturated carbocycles. The zero-order valence-corrected chi connectivity index (χ0v) is 17.4. The van der Waals surface area contributed by atoms with Crippen LogP contribution in [0.1, 0.15) is 16.2 Å². The highest BCUT2D eigenvalue weighted by Gasteiger charge is 2.38. The first-order valence-corrected chi connectivity index (χ1v) is 9.59. The van der Waals surface area contributed by atoms with Crippen molar-refractivity contribution in [2.45, 2.75) is 6.18 Å². The van der Waals surface area contributed by atoms with E-state index in [9.17, 15) is 18.0 Å². The number of ether oxygens (including phenoxy) is 1. The number of rotatable bonds is 4. The molecule has 7 nitrogen and oxygen atoms in total. The first-order chi connectivity index (χ1) is 14.8. The summed E-state index contributed by atoms with van der Waals surface area (Å²) in [6.45, 7) is 0. The van der Waals surface area contributed by atoms with E-state index in [0.29, 0.717) is 15.8 Å². The third kappa shape index (κ3) is 4.08. The summed E-state index contributed by atoms with van der Waals surface area (Å²) >= 11 is 3.29. The van der Waals surface area contributed by atoms with Gasteiger partial charge in [0.15, 0.2) is 11.6 Å². The van der Waals surface area contributed by atoms with Crippen molar-refractivity contribution in [3.63, 3.8) is 0 Å². The molecule has 0 spiro atoms. The summed E-state index contributed by atoms with van der Waals surface area (Å²) in [5.74, 6) is -1.22. The van der Waals surface area contributed by atoms with Crippen molar-refractivity contribution in [1.82, 2.24) is 19.5 Å². The number of aromatic nitrogens is 4. The maximum Gasteiger partial charge on any atom is 0.450 e. The molecule has 2 aromatic heterocycles. The zero-order chi connectivity index (χ0) is 22.2. The van der Waals surface area contributed by atoms with Crippen molar-refractivity contribution >= 4 is 38.7 Å². The van der Waals surface area contributed by atoms with Gasteiger partial charge in [0.25, 0.3) is 5.91 Å². The number of nitrogens with one attached hydrogen (secondary N) is 1. The lowest BCUT2D eigenvalue weighted by Gasteiger charge is -2.11. The highest BCUT2D eigenvalue weighted by Crippen LogP contribution is 2.34. The molecule has 1 amide bonds. The molecule has 0 fully saturated rings.